The fourth-order valence-electron chi connectivity index (χ4n) is 3.27. The van der Waals surface area contributed by atoms with Crippen molar-refractivity contribution >= 4 is 10.0 Å². The van der Waals surface area contributed by atoms with Crippen molar-refractivity contribution in [2.75, 3.05) is 13.2 Å². The first-order valence-electron chi connectivity index (χ1n) is 9.27. The van der Waals surface area contributed by atoms with Gasteiger partial charge in [-0.1, -0.05) is 17.7 Å². The highest BCUT2D eigenvalue weighted by Gasteiger charge is 2.34. The molecule has 1 aliphatic rings. The topological polar surface area (TPSA) is 55.8 Å². The predicted octanol–water partition coefficient (Wildman–Crippen LogP) is 4.40. The molecule has 0 aromatic heterocycles. The lowest BCUT2D eigenvalue weighted by atomic mass is 10.1. The minimum Gasteiger partial charge on any atom is -0.406 e. The van der Waals surface area contributed by atoms with Gasteiger partial charge < -0.3 is 9.47 Å². The summed E-state index contributed by atoms with van der Waals surface area (Å²) in [5, 5.41) is 0. The van der Waals surface area contributed by atoms with Gasteiger partial charge in [0.05, 0.1) is 4.90 Å². The van der Waals surface area contributed by atoms with Crippen molar-refractivity contribution in [3.63, 3.8) is 0 Å². The number of benzene rings is 2. The van der Waals surface area contributed by atoms with Crippen molar-refractivity contribution in [2.24, 2.45) is 0 Å². The molecule has 164 valence electrons. The molecule has 30 heavy (non-hydrogen) atoms. The molecule has 0 amide bonds. The van der Waals surface area contributed by atoms with Gasteiger partial charge in [-0.05, 0) is 50.1 Å². The van der Waals surface area contributed by atoms with E-state index < -0.39 is 40.5 Å². The van der Waals surface area contributed by atoms with Gasteiger partial charge in [0.2, 0.25) is 10.0 Å². The van der Waals surface area contributed by atoms with E-state index in [2.05, 4.69) is 4.74 Å². The molecule has 0 N–H and O–H groups in total. The van der Waals surface area contributed by atoms with E-state index in [-0.39, 0.29) is 10.5 Å². The van der Waals surface area contributed by atoms with Crippen molar-refractivity contribution in [1.29, 1.82) is 0 Å². The molecule has 2 aromatic rings. The zero-order valence-corrected chi connectivity index (χ0v) is 17.0. The van der Waals surface area contributed by atoms with Crippen LogP contribution in [0, 0.1) is 12.7 Å². The average molecular weight is 447 g/mol. The minimum absolute atomic E-state index is 0.0303. The van der Waals surface area contributed by atoms with E-state index in [4.69, 9.17) is 4.74 Å². The van der Waals surface area contributed by atoms with Gasteiger partial charge in [-0.15, -0.1) is 13.2 Å². The van der Waals surface area contributed by atoms with E-state index >= 15 is 0 Å². The van der Waals surface area contributed by atoms with Crippen molar-refractivity contribution in [2.45, 2.75) is 43.6 Å². The first kappa shape index (κ1) is 22.5. The van der Waals surface area contributed by atoms with Crippen molar-refractivity contribution in [1.82, 2.24) is 4.31 Å². The summed E-state index contributed by atoms with van der Waals surface area (Å²) in [5.41, 5.74) is 0.661. The fraction of sp³-hybridized carbons (Fsp3) is 0.400. The second-order valence-corrected chi connectivity index (χ2v) is 8.90. The maximum absolute atomic E-state index is 14.4. The summed E-state index contributed by atoms with van der Waals surface area (Å²) in [5.74, 6) is -1.43. The monoisotopic (exact) mass is 447 g/mol. The highest BCUT2D eigenvalue weighted by atomic mass is 32.2. The molecule has 0 aliphatic carbocycles. The first-order chi connectivity index (χ1) is 14.1. The van der Waals surface area contributed by atoms with E-state index in [1.165, 1.54) is 12.1 Å². The number of rotatable bonds is 6. The minimum atomic E-state index is -4.94. The lowest BCUT2D eigenvalue weighted by molar-refractivity contribution is -0.274. The van der Waals surface area contributed by atoms with Gasteiger partial charge in [0.15, 0.2) is 0 Å². The van der Waals surface area contributed by atoms with Gasteiger partial charge in [-0.25, -0.2) is 12.8 Å². The van der Waals surface area contributed by atoms with Crippen molar-refractivity contribution in [3.05, 3.63) is 59.4 Å². The number of nitrogens with zero attached hydrogens (tertiary/aromatic N) is 1. The number of hydrogen-bond donors (Lipinski definition) is 0. The molecule has 0 spiro atoms. The fourth-order valence-corrected chi connectivity index (χ4v) is 4.93. The first-order valence-corrected chi connectivity index (χ1v) is 10.7. The van der Waals surface area contributed by atoms with Crippen LogP contribution in [0.5, 0.6) is 5.75 Å². The third-order valence-corrected chi connectivity index (χ3v) is 6.72. The molecule has 2 aromatic carbocycles. The van der Waals surface area contributed by atoms with Gasteiger partial charge in [0, 0.05) is 31.4 Å². The molecule has 10 heteroatoms. The molecule has 1 heterocycles. The molecular formula is C20H21F4NO4S. The molecule has 3 rings (SSSR count). The highest BCUT2D eigenvalue weighted by Crippen LogP contribution is 2.29. The van der Waals surface area contributed by atoms with Crippen LogP contribution in [0.3, 0.4) is 0 Å². The molecule has 0 bridgehead atoms. The number of alkyl halides is 3. The Morgan fingerprint density at radius 1 is 1.10 bits per heavy atom. The standard InChI is InChI=1S/C20H21F4NO4S/c1-14-2-5-18(6-3-14)30(26,27)25(16-8-10-28-11-9-16)13-15-12-17(4-7-19(15)21)29-20(22,23)24/h2-7,12,16H,8-11,13H2,1H3. The van der Waals surface area contributed by atoms with Crippen LogP contribution >= 0.6 is 0 Å². The van der Waals surface area contributed by atoms with Crippen LogP contribution in [0.25, 0.3) is 0 Å². The van der Waals surface area contributed by atoms with Crippen LogP contribution in [-0.4, -0.2) is 38.3 Å². The average Bonchev–Trinajstić information content (AvgIpc) is 2.68. The predicted molar refractivity (Wildman–Crippen MR) is 101 cm³/mol. The van der Waals surface area contributed by atoms with Gasteiger partial charge in [0.1, 0.15) is 11.6 Å². The normalized spacial score (nSPS) is 16.1. The lowest BCUT2D eigenvalue weighted by Crippen LogP contribution is -2.43. The van der Waals surface area contributed by atoms with Gasteiger partial charge in [0.25, 0.3) is 0 Å². The Kier molecular flexibility index (Phi) is 6.68. The van der Waals surface area contributed by atoms with Crippen LogP contribution in [0.1, 0.15) is 24.0 Å². The molecule has 0 radical (unpaired) electrons. The van der Waals surface area contributed by atoms with Crippen LogP contribution in [-0.2, 0) is 21.3 Å². The Balaban J connectivity index is 1.97. The molecule has 1 aliphatic heterocycles. The maximum Gasteiger partial charge on any atom is 0.573 e. The summed E-state index contributed by atoms with van der Waals surface area (Å²) in [7, 11) is -4.03. The number of sulfonamides is 1. The molecule has 1 saturated heterocycles. The van der Waals surface area contributed by atoms with Crippen molar-refractivity contribution in [3.8, 4) is 5.75 Å². The van der Waals surface area contributed by atoms with E-state index in [9.17, 15) is 26.0 Å². The smallest absolute Gasteiger partial charge is 0.406 e. The molecular weight excluding hydrogens is 426 g/mol. The Bertz CT molecular complexity index is 971. The van der Waals surface area contributed by atoms with Gasteiger partial charge >= 0.3 is 6.36 Å². The summed E-state index contributed by atoms with van der Waals surface area (Å²) in [6.45, 7) is 2.06. The lowest BCUT2D eigenvalue weighted by Gasteiger charge is -2.33. The summed E-state index contributed by atoms with van der Waals surface area (Å²) >= 11 is 0. The largest absolute Gasteiger partial charge is 0.573 e. The Hall–Kier alpha value is -2.17. The van der Waals surface area contributed by atoms with Gasteiger partial charge in [-0.3, -0.25) is 0 Å². The van der Waals surface area contributed by atoms with Crippen molar-refractivity contribution < 1.29 is 35.5 Å². The van der Waals surface area contributed by atoms with E-state index in [0.29, 0.717) is 26.1 Å². The Morgan fingerprint density at radius 2 is 1.73 bits per heavy atom. The van der Waals surface area contributed by atoms with Crippen LogP contribution < -0.4 is 4.74 Å². The van der Waals surface area contributed by atoms with Crippen LogP contribution in [0.2, 0.25) is 0 Å². The summed E-state index contributed by atoms with van der Waals surface area (Å²) < 4.78 is 88.9. The zero-order valence-electron chi connectivity index (χ0n) is 16.2. The Morgan fingerprint density at radius 3 is 2.33 bits per heavy atom. The summed E-state index contributed by atoms with van der Waals surface area (Å²) in [4.78, 5) is 0.0303. The second-order valence-electron chi connectivity index (χ2n) is 7.01. The molecule has 0 saturated carbocycles. The van der Waals surface area contributed by atoms with E-state index in [1.807, 2.05) is 6.92 Å². The number of halogens is 4. The second kappa shape index (κ2) is 8.91. The number of hydrogen-bond acceptors (Lipinski definition) is 4. The molecule has 0 unspecified atom stereocenters. The van der Waals surface area contributed by atoms with Gasteiger partial charge in [-0.2, -0.15) is 4.31 Å². The summed E-state index contributed by atoms with van der Waals surface area (Å²) in [6.07, 6.45) is -4.15. The maximum atomic E-state index is 14.4. The molecule has 5 nitrogen and oxygen atoms in total. The summed E-state index contributed by atoms with van der Waals surface area (Å²) in [6, 6.07) is 8.28. The molecule has 0 atom stereocenters. The number of aryl methyl sites for hydroxylation is 1. The van der Waals surface area contributed by atoms with Crippen LogP contribution in [0.15, 0.2) is 47.4 Å². The third-order valence-electron chi connectivity index (χ3n) is 4.80. The highest BCUT2D eigenvalue weighted by molar-refractivity contribution is 7.89. The Labute approximate surface area is 172 Å². The zero-order chi connectivity index (χ0) is 21.9. The SMILES string of the molecule is Cc1ccc(S(=O)(=O)N(Cc2cc(OC(F)(F)F)ccc2F)C2CCOCC2)cc1. The van der Waals surface area contributed by atoms with E-state index in [1.54, 1.807) is 12.1 Å². The number of ether oxygens (including phenoxy) is 2. The van der Waals surface area contributed by atoms with E-state index in [0.717, 1.165) is 28.1 Å². The molecule has 1 fully saturated rings. The third kappa shape index (κ3) is 5.50. The quantitative estimate of drug-likeness (QED) is 0.616. The van der Waals surface area contributed by atoms with Crippen LogP contribution in [0.4, 0.5) is 17.6 Å².